The van der Waals surface area contributed by atoms with Crippen molar-refractivity contribution in [3.63, 3.8) is 0 Å². The van der Waals surface area contributed by atoms with Crippen molar-refractivity contribution in [3.8, 4) is 0 Å². The molecule has 0 N–H and O–H groups in total. The van der Waals surface area contributed by atoms with Gasteiger partial charge in [-0.15, -0.1) is 0 Å². The Morgan fingerprint density at radius 1 is 1.35 bits per heavy atom. The minimum absolute atomic E-state index is 0.00572. The zero-order valence-corrected chi connectivity index (χ0v) is 12.6. The molecule has 0 fully saturated rings. The molecular formula is C15H11ClN4O3. The number of fused-ring (bicyclic) bond motifs is 1. The Hall–Kier alpha value is -2.93. The zero-order chi connectivity index (χ0) is 16.2. The number of oxime groups is 1. The number of imidazole rings is 1. The molecule has 2 aromatic heterocycles. The van der Waals surface area contributed by atoms with Gasteiger partial charge in [-0.25, -0.2) is 4.98 Å². The van der Waals surface area contributed by atoms with Gasteiger partial charge in [0.25, 0.3) is 5.69 Å². The lowest BCUT2D eigenvalue weighted by atomic mass is 10.2. The van der Waals surface area contributed by atoms with E-state index in [1.54, 1.807) is 41.1 Å². The molecule has 0 saturated heterocycles. The van der Waals surface area contributed by atoms with Crippen molar-refractivity contribution in [1.29, 1.82) is 0 Å². The highest BCUT2D eigenvalue weighted by Gasteiger charge is 2.04. The number of nitro benzene ring substituents is 1. The van der Waals surface area contributed by atoms with Crippen molar-refractivity contribution in [3.05, 3.63) is 75.2 Å². The lowest BCUT2D eigenvalue weighted by Crippen LogP contribution is -1.91. The second-order valence-corrected chi connectivity index (χ2v) is 5.14. The van der Waals surface area contributed by atoms with Crippen LogP contribution >= 0.6 is 11.6 Å². The van der Waals surface area contributed by atoms with E-state index in [1.165, 1.54) is 18.3 Å². The molecule has 7 nitrogen and oxygen atoms in total. The number of hydrogen-bond donors (Lipinski definition) is 0. The minimum Gasteiger partial charge on any atom is -0.389 e. The Morgan fingerprint density at radius 2 is 2.22 bits per heavy atom. The van der Waals surface area contributed by atoms with Crippen LogP contribution < -0.4 is 0 Å². The van der Waals surface area contributed by atoms with Crippen molar-refractivity contribution < 1.29 is 9.76 Å². The van der Waals surface area contributed by atoms with Crippen LogP contribution in [0.2, 0.25) is 5.02 Å². The Labute approximate surface area is 135 Å². The fraction of sp³-hybridized carbons (Fsp3) is 0.0667. The molecule has 0 spiro atoms. The fourth-order valence-electron chi connectivity index (χ4n) is 2.01. The first-order valence-electron chi connectivity index (χ1n) is 6.65. The lowest BCUT2D eigenvalue weighted by Gasteiger charge is -1.96. The van der Waals surface area contributed by atoms with Crippen molar-refractivity contribution in [1.82, 2.24) is 9.38 Å². The quantitative estimate of drug-likeness (QED) is 0.407. The average molecular weight is 331 g/mol. The number of halogens is 1. The molecule has 0 unspecified atom stereocenters. The maximum atomic E-state index is 10.7. The summed E-state index contributed by atoms with van der Waals surface area (Å²) in [5.74, 6) is 0. The molecule has 0 aliphatic heterocycles. The summed E-state index contributed by atoms with van der Waals surface area (Å²) in [6, 6.07) is 9.69. The van der Waals surface area contributed by atoms with Crippen LogP contribution in [0.1, 0.15) is 11.3 Å². The summed E-state index contributed by atoms with van der Waals surface area (Å²) < 4.78 is 1.80. The van der Waals surface area contributed by atoms with Gasteiger partial charge in [-0.1, -0.05) is 28.9 Å². The number of nitro groups is 1. The van der Waals surface area contributed by atoms with Crippen LogP contribution in [0.3, 0.4) is 0 Å². The maximum Gasteiger partial charge on any atom is 0.270 e. The summed E-state index contributed by atoms with van der Waals surface area (Å²) in [6.07, 6.45) is 4.96. The van der Waals surface area contributed by atoms with Crippen LogP contribution in [0.25, 0.3) is 5.65 Å². The van der Waals surface area contributed by atoms with Gasteiger partial charge in [0.2, 0.25) is 0 Å². The standard InChI is InChI=1S/C15H11ClN4O3/c16-12-4-5-15-18-13(9-19(15)8-12)10-23-17-7-11-2-1-3-14(6-11)20(21)22/h1-9H,10H2/b17-7+. The third kappa shape index (κ3) is 3.64. The summed E-state index contributed by atoms with van der Waals surface area (Å²) in [5, 5.41) is 15.1. The van der Waals surface area contributed by atoms with E-state index in [-0.39, 0.29) is 12.3 Å². The summed E-state index contributed by atoms with van der Waals surface area (Å²) in [6.45, 7) is 0.185. The molecule has 0 amide bonds. The van der Waals surface area contributed by atoms with Crippen molar-refractivity contribution in [2.45, 2.75) is 6.61 Å². The number of nitrogens with zero attached hydrogens (tertiary/aromatic N) is 4. The van der Waals surface area contributed by atoms with Crippen LogP contribution in [0.4, 0.5) is 5.69 Å². The van der Waals surface area contributed by atoms with Crippen molar-refractivity contribution in [2.75, 3.05) is 0 Å². The first kappa shape index (κ1) is 15.0. The molecule has 1 aromatic carbocycles. The van der Waals surface area contributed by atoms with E-state index >= 15 is 0 Å². The highest BCUT2D eigenvalue weighted by atomic mass is 35.5. The highest BCUT2D eigenvalue weighted by molar-refractivity contribution is 6.30. The van der Waals surface area contributed by atoms with E-state index in [1.807, 2.05) is 0 Å². The van der Waals surface area contributed by atoms with Crippen LogP contribution in [-0.2, 0) is 11.4 Å². The van der Waals surface area contributed by atoms with E-state index in [4.69, 9.17) is 16.4 Å². The van der Waals surface area contributed by atoms with Gasteiger partial charge in [0.05, 0.1) is 21.9 Å². The van der Waals surface area contributed by atoms with E-state index in [0.29, 0.717) is 16.3 Å². The molecule has 3 aromatic rings. The average Bonchev–Trinajstić information content (AvgIpc) is 2.93. The molecule has 0 radical (unpaired) electrons. The Kier molecular flexibility index (Phi) is 4.20. The number of benzene rings is 1. The maximum absolute atomic E-state index is 10.7. The molecule has 0 atom stereocenters. The van der Waals surface area contributed by atoms with Crippen molar-refractivity contribution >= 4 is 29.2 Å². The van der Waals surface area contributed by atoms with Gasteiger partial charge in [0.1, 0.15) is 5.65 Å². The fourth-order valence-corrected chi connectivity index (χ4v) is 2.18. The summed E-state index contributed by atoms with van der Waals surface area (Å²) in [4.78, 5) is 19.8. The number of rotatable bonds is 5. The van der Waals surface area contributed by atoms with Gasteiger partial charge >= 0.3 is 0 Å². The highest BCUT2D eigenvalue weighted by Crippen LogP contribution is 2.13. The summed E-state index contributed by atoms with van der Waals surface area (Å²) in [7, 11) is 0. The summed E-state index contributed by atoms with van der Waals surface area (Å²) in [5.41, 5.74) is 2.05. The Morgan fingerprint density at radius 3 is 3.04 bits per heavy atom. The van der Waals surface area contributed by atoms with E-state index < -0.39 is 4.92 Å². The first-order chi connectivity index (χ1) is 11.1. The predicted molar refractivity (Wildman–Crippen MR) is 85.7 cm³/mol. The monoisotopic (exact) mass is 330 g/mol. The molecule has 0 bridgehead atoms. The summed E-state index contributed by atoms with van der Waals surface area (Å²) >= 11 is 5.91. The lowest BCUT2D eigenvalue weighted by molar-refractivity contribution is -0.384. The Balaban J connectivity index is 1.63. The smallest absolute Gasteiger partial charge is 0.270 e. The van der Waals surface area contributed by atoms with E-state index in [0.717, 1.165) is 5.65 Å². The topological polar surface area (TPSA) is 82.0 Å². The normalized spacial score (nSPS) is 11.2. The van der Waals surface area contributed by atoms with Gasteiger partial charge < -0.3 is 9.24 Å². The molecule has 3 rings (SSSR count). The Bertz CT molecular complexity index is 891. The van der Waals surface area contributed by atoms with E-state index in [2.05, 4.69) is 10.1 Å². The van der Waals surface area contributed by atoms with Gasteiger partial charge in [-0.05, 0) is 12.1 Å². The molecule has 23 heavy (non-hydrogen) atoms. The molecule has 8 heteroatoms. The van der Waals surface area contributed by atoms with Gasteiger partial charge in [0.15, 0.2) is 6.61 Å². The largest absolute Gasteiger partial charge is 0.389 e. The zero-order valence-electron chi connectivity index (χ0n) is 11.8. The van der Waals surface area contributed by atoms with Crippen LogP contribution in [0.5, 0.6) is 0 Å². The number of pyridine rings is 1. The van der Waals surface area contributed by atoms with Gasteiger partial charge in [0, 0.05) is 30.1 Å². The molecule has 0 aliphatic carbocycles. The SMILES string of the molecule is O=[N+]([O-])c1cccc(/C=N/OCc2cn3cc(Cl)ccc3n2)c1. The van der Waals surface area contributed by atoms with Crippen LogP contribution in [0, 0.1) is 10.1 Å². The predicted octanol–water partition coefficient (Wildman–Crippen LogP) is 3.45. The number of aromatic nitrogens is 2. The second kappa shape index (κ2) is 6.45. The first-order valence-corrected chi connectivity index (χ1v) is 7.02. The minimum atomic E-state index is -0.458. The number of non-ortho nitro benzene ring substituents is 1. The molecule has 0 saturated carbocycles. The van der Waals surface area contributed by atoms with Gasteiger partial charge in [-0.3, -0.25) is 10.1 Å². The molecule has 0 aliphatic rings. The van der Waals surface area contributed by atoms with Crippen LogP contribution in [0.15, 0.2) is 53.9 Å². The second-order valence-electron chi connectivity index (χ2n) is 4.71. The molecule has 116 valence electrons. The van der Waals surface area contributed by atoms with Gasteiger partial charge in [-0.2, -0.15) is 0 Å². The third-order valence-electron chi connectivity index (χ3n) is 3.03. The molecule has 2 heterocycles. The number of hydrogen-bond acceptors (Lipinski definition) is 5. The third-order valence-corrected chi connectivity index (χ3v) is 3.26. The van der Waals surface area contributed by atoms with E-state index in [9.17, 15) is 10.1 Å². The van der Waals surface area contributed by atoms with Crippen LogP contribution in [-0.4, -0.2) is 20.5 Å². The van der Waals surface area contributed by atoms with Crippen molar-refractivity contribution in [2.24, 2.45) is 5.16 Å². The molecular weight excluding hydrogens is 320 g/mol.